The lowest BCUT2D eigenvalue weighted by Crippen LogP contribution is -2.50. The van der Waals surface area contributed by atoms with E-state index >= 15 is 0 Å². The number of carbonyl (C=O) groups is 1. The zero-order valence-electron chi connectivity index (χ0n) is 17.0. The van der Waals surface area contributed by atoms with Crippen LogP contribution in [0.3, 0.4) is 0 Å². The normalized spacial score (nSPS) is 17.4. The summed E-state index contributed by atoms with van der Waals surface area (Å²) < 4.78 is 11.4. The number of likely N-dealkylation sites (tertiary alicyclic amines) is 1. The van der Waals surface area contributed by atoms with Crippen molar-refractivity contribution >= 4 is 11.6 Å². The Bertz CT molecular complexity index is 971. The fraction of sp³-hybridized carbons (Fsp3) is 0.381. The number of benzene rings is 1. The molecule has 9 heteroatoms. The average Bonchev–Trinajstić information content (AvgIpc) is 3.31. The molecule has 1 aliphatic rings. The maximum Gasteiger partial charge on any atom is 0.259 e. The van der Waals surface area contributed by atoms with Gasteiger partial charge in [0, 0.05) is 38.3 Å². The molecule has 1 aromatic carbocycles. The molecule has 1 amide bonds. The highest BCUT2D eigenvalue weighted by Crippen LogP contribution is 2.36. The number of carbonyl (C=O) groups excluding carboxylic acids is 1. The first-order valence-electron chi connectivity index (χ1n) is 9.87. The quantitative estimate of drug-likeness (QED) is 0.663. The molecule has 3 aromatic rings. The van der Waals surface area contributed by atoms with Crippen LogP contribution in [0.15, 0.2) is 53.4 Å². The van der Waals surface area contributed by atoms with Gasteiger partial charge in [0.2, 0.25) is 11.7 Å². The van der Waals surface area contributed by atoms with Gasteiger partial charge in [-0.3, -0.25) is 14.7 Å². The standard InChI is InChI=1S/C21H24N6O3/c1-15(19(28)24-16-6-4-3-5-7-16)27-12-8-21(29-2,9-13-27)20-25-18(26-30-20)17-14-22-10-11-23-17/h3-7,10-11,14-15H,8-9,12-13H2,1-2H3,(H,24,28)/t15-/m0/s1. The first-order valence-corrected chi connectivity index (χ1v) is 9.87. The third kappa shape index (κ3) is 4.07. The summed E-state index contributed by atoms with van der Waals surface area (Å²) >= 11 is 0. The smallest absolute Gasteiger partial charge is 0.259 e. The van der Waals surface area contributed by atoms with Gasteiger partial charge in [-0.1, -0.05) is 23.4 Å². The first-order chi connectivity index (χ1) is 14.6. The highest BCUT2D eigenvalue weighted by atomic mass is 16.5. The number of nitrogens with zero attached hydrogens (tertiary/aromatic N) is 5. The average molecular weight is 408 g/mol. The predicted molar refractivity (Wildman–Crippen MR) is 109 cm³/mol. The minimum absolute atomic E-state index is 0.0335. The molecule has 4 rings (SSSR count). The van der Waals surface area contributed by atoms with Crippen LogP contribution < -0.4 is 5.32 Å². The van der Waals surface area contributed by atoms with Crippen molar-refractivity contribution in [2.45, 2.75) is 31.4 Å². The number of hydrogen-bond acceptors (Lipinski definition) is 8. The van der Waals surface area contributed by atoms with E-state index in [1.165, 1.54) is 0 Å². The summed E-state index contributed by atoms with van der Waals surface area (Å²) in [7, 11) is 1.65. The third-order valence-electron chi connectivity index (χ3n) is 5.57. The van der Waals surface area contributed by atoms with E-state index in [-0.39, 0.29) is 11.9 Å². The number of ether oxygens (including phenoxy) is 1. The molecule has 3 heterocycles. The van der Waals surface area contributed by atoms with E-state index in [1.54, 1.807) is 25.7 Å². The number of piperidine rings is 1. The second-order valence-electron chi connectivity index (χ2n) is 7.28. The Morgan fingerprint density at radius 3 is 2.67 bits per heavy atom. The Morgan fingerprint density at radius 2 is 2.00 bits per heavy atom. The SMILES string of the molecule is COC1(c2nc(-c3cnccn3)no2)CCN([C@@H](C)C(=O)Nc2ccccc2)CC1. The van der Waals surface area contributed by atoms with Crippen molar-refractivity contribution in [1.82, 2.24) is 25.0 Å². The Balaban J connectivity index is 1.42. The number of amides is 1. The van der Waals surface area contributed by atoms with E-state index in [0.29, 0.717) is 43.3 Å². The number of rotatable bonds is 6. The summed E-state index contributed by atoms with van der Waals surface area (Å²) in [5.74, 6) is 0.771. The maximum atomic E-state index is 12.6. The minimum Gasteiger partial charge on any atom is -0.368 e. The van der Waals surface area contributed by atoms with Crippen LogP contribution in [0, 0.1) is 0 Å². The monoisotopic (exact) mass is 408 g/mol. The molecule has 0 radical (unpaired) electrons. The number of methoxy groups -OCH3 is 1. The van der Waals surface area contributed by atoms with Gasteiger partial charge in [0.25, 0.3) is 5.89 Å². The van der Waals surface area contributed by atoms with Crippen molar-refractivity contribution in [1.29, 1.82) is 0 Å². The number of aromatic nitrogens is 4. The Labute approximate surface area is 174 Å². The Hall–Kier alpha value is -3.17. The zero-order chi connectivity index (χ0) is 21.0. The van der Waals surface area contributed by atoms with Gasteiger partial charge in [0.15, 0.2) is 0 Å². The van der Waals surface area contributed by atoms with Crippen LogP contribution in [-0.2, 0) is 15.1 Å². The Kier molecular flexibility index (Phi) is 5.82. The molecule has 30 heavy (non-hydrogen) atoms. The van der Waals surface area contributed by atoms with E-state index in [1.807, 2.05) is 37.3 Å². The molecule has 0 saturated carbocycles. The summed E-state index contributed by atoms with van der Waals surface area (Å²) in [4.78, 5) is 27.5. The highest BCUT2D eigenvalue weighted by Gasteiger charge is 2.43. The van der Waals surface area contributed by atoms with Gasteiger partial charge in [0.05, 0.1) is 12.2 Å². The summed E-state index contributed by atoms with van der Waals surface area (Å²) in [6.45, 7) is 3.25. The lowest BCUT2D eigenvalue weighted by Gasteiger charge is -2.40. The number of hydrogen-bond donors (Lipinski definition) is 1. The van der Waals surface area contributed by atoms with Crippen molar-refractivity contribution in [3.05, 3.63) is 54.8 Å². The van der Waals surface area contributed by atoms with Crippen LogP contribution in [0.1, 0.15) is 25.7 Å². The van der Waals surface area contributed by atoms with Gasteiger partial charge < -0.3 is 14.6 Å². The topological polar surface area (TPSA) is 106 Å². The van der Waals surface area contributed by atoms with Gasteiger partial charge >= 0.3 is 0 Å². The van der Waals surface area contributed by atoms with Crippen molar-refractivity contribution in [2.24, 2.45) is 0 Å². The fourth-order valence-corrected chi connectivity index (χ4v) is 3.64. The van der Waals surface area contributed by atoms with E-state index in [4.69, 9.17) is 9.26 Å². The maximum absolute atomic E-state index is 12.6. The molecule has 1 aliphatic heterocycles. The van der Waals surface area contributed by atoms with Crippen LogP contribution in [-0.4, -0.2) is 57.2 Å². The molecule has 9 nitrogen and oxygen atoms in total. The van der Waals surface area contributed by atoms with E-state index in [0.717, 1.165) is 5.69 Å². The molecule has 0 unspecified atom stereocenters. The number of nitrogens with one attached hydrogen (secondary N) is 1. The van der Waals surface area contributed by atoms with Crippen LogP contribution >= 0.6 is 0 Å². The van der Waals surface area contributed by atoms with Gasteiger partial charge in [0.1, 0.15) is 11.3 Å². The highest BCUT2D eigenvalue weighted by molar-refractivity contribution is 5.94. The lowest BCUT2D eigenvalue weighted by atomic mass is 9.90. The van der Waals surface area contributed by atoms with Crippen molar-refractivity contribution in [3.8, 4) is 11.5 Å². The molecule has 0 spiro atoms. The van der Waals surface area contributed by atoms with Crippen molar-refractivity contribution < 1.29 is 14.1 Å². The van der Waals surface area contributed by atoms with E-state index in [9.17, 15) is 4.79 Å². The van der Waals surface area contributed by atoms with Crippen LogP contribution in [0.25, 0.3) is 11.5 Å². The molecular formula is C21H24N6O3. The molecule has 2 aromatic heterocycles. The lowest BCUT2D eigenvalue weighted by molar-refractivity contribution is -0.125. The molecule has 1 N–H and O–H groups in total. The molecule has 1 fully saturated rings. The Morgan fingerprint density at radius 1 is 1.23 bits per heavy atom. The zero-order valence-corrected chi connectivity index (χ0v) is 17.0. The van der Waals surface area contributed by atoms with Crippen molar-refractivity contribution in [3.63, 3.8) is 0 Å². The van der Waals surface area contributed by atoms with Crippen LogP contribution in [0.5, 0.6) is 0 Å². The number of anilines is 1. The second kappa shape index (κ2) is 8.68. The molecule has 0 bridgehead atoms. The molecule has 1 saturated heterocycles. The number of para-hydroxylation sites is 1. The summed E-state index contributed by atoms with van der Waals surface area (Å²) in [5, 5.41) is 7.00. The molecule has 1 atom stereocenters. The molecular weight excluding hydrogens is 384 g/mol. The molecule has 0 aliphatic carbocycles. The van der Waals surface area contributed by atoms with Crippen molar-refractivity contribution in [2.75, 3.05) is 25.5 Å². The minimum atomic E-state index is -0.681. The fourth-order valence-electron chi connectivity index (χ4n) is 3.64. The largest absolute Gasteiger partial charge is 0.368 e. The summed E-state index contributed by atoms with van der Waals surface area (Å²) in [6, 6.07) is 9.20. The molecule has 156 valence electrons. The summed E-state index contributed by atoms with van der Waals surface area (Å²) in [6.07, 6.45) is 6.02. The van der Waals surface area contributed by atoms with E-state index in [2.05, 4.69) is 30.3 Å². The second-order valence-corrected chi connectivity index (χ2v) is 7.28. The van der Waals surface area contributed by atoms with Crippen LogP contribution in [0.4, 0.5) is 5.69 Å². The first kappa shape index (κ1) is 20.1. The van der Waals surface area contributed by atoms with Gasteiger partial charge in [-0.15, -0.1) is 0 Å². The summed E-state index contributed by atoms with van der Waals surface area (Å²) in [5.41, 5.74) is 0.655. The van der Waals surface area contributed by atoms with Gasteiger partial charge in [-0.25, -0.2) is 4.98 Å². The van der Waals surface area contributed by atoms with Gasteiger partial charge in [-0.2, -0.15) is 4.98 Å². The predicted octanol–water partition coefficient (Wildman–Crippen LogP) is 2.49. The van der Waals surface area contributed by atoms with E-state index < -0.39 is 5.60 Å². The van der Waals surface area contributed by atoms with Gasteiger partial charge in [-0.05, 0) is 31.9 Å². The third-order valence-corrected chi connectivity index (χ3v) is 5.57. The van der Waals surface area contributed by atoms with Crippen LogP contribution in [0.2, 0.25) is 0 Å².